The van der Waals surface area contributed by atoms with Gasteiger partial charge in [-0.05, 0) is 18.2 Å². The molecule has 0 aliphatic rings. The molecule has 0 aromatic heterocycles. The van der Waals surface area contributed by atoms with E-state index in [2.05, 4.69) is 4.74 Å². The number of ether oxygens (including phenoxy) is 1. The minimum Gasteiger partial charge on any atom is -0.466 e. The molecular weight excluding hydrogens is 221 g/mol. The van der Waals surface area contributed by atoms with Crippen molar-refractivity contribution < 1.29 is 13.9 Å². The topological polar surface area (TPSA) is 52.3 Å². The first kappa shape index (κ1) is 11.5. The van der Waals surface area contributed by atoms with Gasteiger partial charge in [-0.2, -0.15) is 0 Å². The van der Waals surface area contributed by atoms with Crippen molar-refractivity contribution in [3.63, 3.8) is 0 Å². The molecule has 1 aromatic carbocycles. The number of anilines is 1. The maximum atomic E-state index is 13.0. The molecule has 0 bridgehead atoms. The summed E-state index contributed by atoms with van der Waals surface area (Å²) in [6, 6.07) is 2.44. The van der Waals surface area contributed by atoms with Crippen molar-refractivity contribution >= 4 is 29.3 Å². The van der Waals surface area contributed by atoms with Gasteiger partial charge >= 0.3 is 5.97 Å². The van der Waals surface area contributed by atoms with Gasteiger partial charge in [0.1, 0.15) is 5.82 Å². The van der Waals surface area contributed by atoms with Crippen LogP contribution < -0.4 is 5.73 Å². The van der Waals surface area contributed by atoms with Gasteiger partial charge in [-0.3, -0.25) is 0 Å². The highest BCUT2D eigenvalue weighted by Gasteiger charge is 2.04. The molecule has 80 valence electrons. The normalized spacial score (nSPS) is 10.6. The number of halogens is 2. The molecule has 0 atom stereocenters. The number of rotatable bonds is 2. The Morgan fingerprint density at radius 1 is 1.60 bits per heavy atom. The van der Waals surface area contributed by atoms with Gasteiger partial charge in [-0.15, -0.1) is 0 Å². The molecule has 0 aliphatic heterocycles. The van der Waals surface area contributed by atoms with Crippen LogP contribution in [0, 0.1) is 5.82 Å². The first-order chi connectivity index (χ1) is 7.04. The lowest BCUT2D eigenvalue weighted by atomic mass is 10.1. The van der Waals surface area contributed by atoms with Gasteiger partial charge in [-0.25, -0.2) is 9.18 Å². The van der Waals surface area contributed by atoms with E-state index in [4.69, 9.17) is 17.3 Å². The van der Waals surface area contributed by atoms with Crippen molar-refractivity contribution in [2.75, 3.05) is 12.8 Å². The Morgan fingerprint density at radius 3 is 2.87 bits per heavy atom. The highest BCUT2D eigenvalue weighted by Crippen LogP contribution is 2.22. The molecule has 0 fully saturated rings. The number of hydrogen-bond acceptors (Lipinski definition) is 3. The van der Waals surface area contributed by atoms with Crippen LogP contribution in [-0.2, 0) is 9.53 Å². The van der Waals surface area contributed by atoms with E-state index < -0.39 is 11.8 Å². The number of benzene rings is 1. The van der Waals surface area contributed by atoms with Crippen LogP contribution >= 0.6 is 11.6 Å². The van der Waals surface area contributed by atoms with Crippen LogP contribution in [0.2, 0.25) is 5.02 Å². The molecule has 0 spiro atoms. The molecule has 2 N–H and O–H groups in total. The van der Waals surface area contributed by atoms with Gasteiger partial charge in [0, 0.05) is 17.3 Å². The molecule has 1 aromatic rings. The SMILES string of the molecule is COC(=O)C=Cc1cc(F)c(Cl)cc1N. The summed E-state index contributed by atoms with van der Waals surface area (Å²) in [5.41, 5.74) is 6.23. The molecular formula is C10H9ClFNO2. The number of hydrogen-bond donors (Lipinski definition) is 1. The van der Waals surface area contributed by atoms with E-state index in [-0.39, 0.29) is 5.02 Å². The Balaban J connectivity index is 3.00. The fourth-order valence-corrected chi connectivity index (χ4v) is 1.12. The van der Waals surface area contributed by atoms with Crippen LogP contribution in [0.4, 0.5) is 10.1 Å². The first-order valence-corrected chi connectivity index (χ1v) is 4.43. The van der Waals surface area contributed by atoms with E-state index in [1.807, 2.05) is 0 Å². The minimum absolute atomic E-state index is 0.0530. The van der Waals surface area contributed by atoms with Crippen molar-refractivity contribution in [3.8, 4) is 0 Å². The number of nitrogens with two attached hydrogens (primary N) is 1. The molecule has 0 saturated carbocycles. The van der Waals surface area contributed by atoms with Crippen LogP contribution in [0.1, 0.15) is 5.56 Å². The van der Waals surface area contributed by atoms with Gasteiger partial charge in [0.15, 0.2) is 0 Å². The Kier molecular flexibility index (Phi) is 3.68. The average molecular weight is 230 g/mol. The van der Waals surface area contributed by atoms with Crippen molar-refractivity contribution in [2.45, 2.75) is 0 Å². The number of methoxy groups -OCH3 is 1. The summed E-state index contributed by atoms with van der Waals surface area (Å²) >= 11 is 5.51. The quantitative estimate of drug-likeness (QED) is 0.481. The Hall–Kier alpha value is -1.55. The second kappa shape index (κ2) is 4.79. The van der Waals surface area contributed by atoms with Crippen LogP contribution in [0.5, 0.6) is 0 Å². The molecule has 0 amide bonds. The van der Waals surface area contributed by atoms with Gasteiger partial charge in [0.2, 0.25) is 0 Å². The summed E-state index contributed by atoms with van der Waals surface area (Å²) < 4.78 is 17.4. The Bertz CT molecular complexity index is 418. The average Bonchev–Trinajstić information content (AvgIpc) is 2.21. The zero-order chi connectivity index (χ0) is 11.4. The smallest absolute Gasteiger partial charge is 0.330 e. The largest absolute Gasteiger partial charge is 0.466 e. The van der Waals surface area contributed by atoms with Crippen LogP contribution in [0.15, 0.2) is 18.2 Å². The molecule has 0 saturated heterocycles. The summed E-state index contributed by atoms with van der Waals surface area (Å²) in [6.45, 7) is 0. The predicted molar refractivity (Wildman–Crippen MR) is 56.9 cm³/mol. The van der Waals surface area contributed by atoms with Gasteiger partial charge < -0.3 is 10.5 Å². The van der Waals surface area contributed by atoms with Gasteiger partial charge in [0.05, 0.1) is 12.1 Å². The van der Waals surface area contributed by atoms with Gasteiger partial charge in [0.25, 0.3) is 0 Å². The third-order valence-corrected chi connectivity index (χ3v) is 2.02. The standard InChI is InChI=1S/C10H9ClFNO2/c1-15-10(14)3-2-6-4-8(12)7(11)5-9(6)13/h2-5H,13H2,1H3. The van der Waals surface area contributed by atoms with Crippen LogP contribution in [0.25, 0.3) is 6.08 Å². The molecule has 0 heterocycles. The minimum atomic E-state index is -0.588. The summed E-state index contributed by atoms with van der Waals surface area (Å²) in [5.74, 6) is -1.12. The number of nitrogen functional groups attached to an aromatic ring is 1. The van der Waals surface area contributed by atoms with E-state index in [1.165, 1.54) is 19.3 Å². The maximum Gasteiger partial charge on any atom is 0.330 e. The number of carbonyl (C=O) groups is 1. The lowest BCUT2D eigenvalue weighted by Crippen LogP contribution is -1.95. The molecule has 1 rings (SSSR count). The molecule has 15 heavy (non-hydrogen) atoms. The van der Waals surface area contributed by atoms with E-state index in [1.54, 1.807) is 0 Å². The third-order valence-electron chi connectivity index (χ3n) is 1.73. The summed E-state index contributed by atoms with van der Waals surface area (Å²) in [6.07, 6.45) is 2.51. The first-order valence-electron chi connectivity index (χ1n) is 4.05. The second-order valence-electron chi connectivity index (χ2n) is 2.75. The monoisotopic (exact) mass is 229 g/mol. The van der Waals surface area contributed by atoms with Crippen LogP contribution in [-0.4, -0.2) is 13.1 Å². The van der Waals surface area contributed by atoms with E-state index in [9.17, 15) is 9.18 Å². The Labute approximate surface area is 91.3 Å². The summed E-state index contributed by atoms with van der Waals surface area (Å²) in [5, 5.41) is -0.0530. The zero-order valence-electron chi connectivity index (χ0n) is 7.96. The predicted octanol–water partition coefficient (Wildman–Crippen LogP) is 2.25. The highest BCUT2D eigenvalue weighted by atomic mass is 35.5. The number of esters is 1. The summed E-state index contributed by atoms with van der Waals surface area (Å²) in [4.78, 5) is 10.8. The lowest BCUT2D eigenvalue weighted by molar-refractivity contribution is -0.134. The van der Waals surface area contributed by atoms with Crippen molar-refractivity contribution in [1.29, 1.82) is 0 Å². The van der Waals surface area contributed by atoms with Crippen LogP contribution in [0.3, 0.4) is 0 Å². The van der Waals surface area contributed by atoms with Crippen molar-refractivity contribution in [3.05, 3.63) is 34.6 Å². The van der Waals surface area contributed by atoms with Gasteiger partial charge in [-0.1, -0.05) is 11.6 Å². The number of carbonyl (C=O) groups excluding carboxylic acids is 1. The van der Waals surface area contributed by atoms with Crippen molar-refractivity contribution in [1.82, 2.24) is 0 Å². The fraction of sp³-hybridized carbons (Fsp3) is 0.100. The second-order valence-corrected chi connectivity index (χ2v) is 3.16. The molecule has 0 unspecified atom stereocenters. The zero-order valence-corrected chi connectivity index (χ0v) is 8.72. The maximum absolute atomic E-state index is 13.0. The van der Waals surface area contributed by atoms with E-state index >= 15 is 0 Å². The van der Waals surface area contributed by atoms with Crippen molar-refractivity contribution in [2.24, 2.45) is 0 Å². The Morgan fingerprint density at radius 2 is 2.27 bits per heavy atom. The molecule has 0 aliphatic carbocycles. The molecule has 0 radical (unpaired) electrons. The molecule has 5 heteroatoms. The summed E-state index contributed by atoms with van der Waals surface area (Å²) in [7, 11) is 1.25. The fourth-order valence-electron chi connectivity index (χ4n) is 0.948. The third kappa shape index (κ3) is 2.95. The highest BCUT2D eigenvalue weighted by molar-refractivity contribution is 6.31. The molecule has 3 nitrogen and oxygen atoms in total. The van der Waals surface area contributed by atoms with E-state index in [0.29, 0.717) is 11.3 Å². The lowest BCUT2D eigenvalue weighted by Gasteiger charge is -2.01. The van der Waals surface area contributed by atoms with E-state index in [0.717, 1.165) is 12.1 Å².